The number of hydrogen-bond donors (Lipinski definition) is 1. The Labute approximate surface area is 99.8 Å². The van der Waals surface area contributed by atoms with Gasteiger partial charge in [0.05, 0.1) is 12.8 Å². The van der Waals surface area contributed by atoms with E-state index in [4.69, 9.17) is 10.5 Å². The lowest BCUT2D eigenvalue weighted by molar-refractivity contribution is 0.416. The predicted molar refractivity (Wildman–Crippen MR) is 68.0 cm³/mol. The summed E-state index contributed by atoms with van der Waals surface area (Å²) >= 11 is 0. The van der Waals surface area contributed by atoms with Gasteiger partial charge in [-0.3, -0.25) is 0 Å². The Kier molecular flexibility index (Phi) is 3.35. The highest BCUT2D eigenvalue weighted by molar-refractivity contribution is 5.59. The zero-order chi connectivity index (χ0) is 12.1. The largest absolute Gasteiger partial charge is 0.494 e. The van der Waals surface area contributed by atoms with Crippen molar-refractivity contribution in [3.05, 3.63) is 48.5 Å². The van der Waals surface area contributed by atoms with E-state index >= 15 is 0 Å². The average Bonchev–Trinajstić information content (AvgIpc) is 2.38. The highest BCUT2D eigenvalue weighted by Crippen LogP contribution is 2.30. The fraction of sp³-hybridized carbons (Fsp3) is 0.0769. The van der Waals surface area contributed by atoms with E-state index in [0.717, 1.165) is 5.69 Å². The first-order valence-electron chi connectivity index (χ1n) is 5.20. The number of ether oxygens (including phenoxy) is 1. The number of nitrogens with zero attached hydrogens (tertiary/aromatic N) is 2. The molecular weight excluding hydrogens is 214 g/mol. The summed E-state index contributed by atoms with van der Waals surface area (Å²) in [5.41, 5.74) is 7.75. The van der Waals surface area contributed by atoms with E-state index in [1.165, 1.54) is 0 Å². The van der Waals surface area contributed by atoms with Crippen LogP contribution in [-0.2, 0) is 0 Å². The molecule has 0 aliphatic carbocycles. The lowest BCUT2D eigenvalue weighted by atomic mass is 10.2. The molecule has 0 atom stereocenters. The summed E-state index contributed by atoms with van der Waals surface area (Å²) in [5.74, 6) is 0.615. The van der Waals surface area contributed by atoms with Gasteiger partial charge >= 0.3 is 0 Å². The van der Waals surface area contributed by atoms with E-state index in [9.17, 15) is 0 Å². The van der Waals surface area contributed by atoms with E-state index in [1.807, 2.05) is 30.3 Å². The standard InChI is InChI=1S/C13H13N3O/c1-17-13-9-10(14)7-8-12(13)16-15-11-5-3-2-4-6-11/h2-9H,14H2,1H3. The Morgan fingerprint density at radius 2 is 1.76 bits per heavy atom. The van der Waals surface area contributed by atoms with Gasteiger partial charge in [-0.05, 0) is 24.3 Å². The molecule has 0 spiro atoms. The summed E-state index contributed by atoms with van der Waals surface area (Å²) in [4.78, 5) is 0. The van der Waals surface area contributed by atoms with Gasteiger partial charge in [-0.15, -0.1) is 5.11 Å². The number of nitrogens with two attached hydrogens (primary N) is 1. The van der Waals surface area contributed by atoms with Crippen molar-refractivity contribution in [3.63, 3.8) is 0 Å². The van der Waals surface area contributed by atoms with Crippen molar-refractivity contribution in [1.82, 2.24) is 0 Å². The fourth-order valence-electron chi connectivity index (χ4n) is 1.38. The van der Waals surface area contributed by atoms with Crippen LogP contribution in [0.3, 0.4) is 0 Å². The fourth-order valence-corrected chi connectivity index (χ4v) is 1.38. The van der Waals surface area contributed by atoms with Crippen LogP contribution in [0.25, 0.3) is 0 Å². The third-order valence-electron chi connectivity index (χ3n) is 2.23. The number of azo groups is 1. The van der Waals surface area contributed by atoms with Crippen LogP contribution in [0.4, 0.5) is 17.1 Å². The van der Waals surface area contributed by atoms with Gasteiger partial charge in [0.15, 0.2) is 0 Å². The SMILES string of the molecule is COc1cc(N)ccc1N=Nc1ccccc1. The van der Waals surface area contributed by atoms with Crippen molar-refractivity contribution >= 4 is 17.1 Å². The summed E-state index contributed by atoms with van der Waals surface area (Å²) in [7, 11) is 1.58. The van der Waals surface area contributed by atoms with E-state index in [2.05, 4.69) is 10.2 Å². The molecule has 4 nitrogen and oxygen atoms in total. The second-order valence-corrected chi connectivity index (χ2v) is 3.47. The molecule has 0 aliphatic heterocycles. The third kappa shape index (κ3) is 2.81. The van der Waals surface area contributed by atoms with Gasteiger partial charge < -0.3 is 10.5 Å². The molecule has 2 N–H and O–H groups in total. The molecule has 0 bridgehead atoms. The monoisotopic (exact) mass is 227 g/mol. The van der Waals surface area contributed by atoms with Crippen LogP contribution in [-0.4, -0.2) is 7.11 Å². The van der Waals surface area contributed by atoms with Gasteiger partial charge in [-0.1, -0.05) is 18.2 Å². The molecular formula is C13H13N3O. The molecule has 0 unspecified atom stereocenters. The van der Waals surface area contributed by atoms with Crippen LogP contribution >= 0.6 is 0 Å². The van der Waals surface area contributed by atoms with Crippen LogP contribution in [0.2, 0.25) is 0 Å². The molecule has 17 heavy (non-hydrogen) atoms. The van der Waals surface area contributed by atoms with Crippen LogP contribution < -0.4 is 10.5 Å². The lowest BCUT2D eigenvalue weighted by Crippen LogP contribution is -1.87. The minimum Gasteiger partial charge on any atom is -0.494 e. The zero-order valence-corrected chi connectivity index (χ0v) is 9.50. The molecule has 0 radical (unpaired) electrons. The summed E-state index contributed by atoms with van der Waals surface area (Å²) < 4.78 is 5.18. The van der Waals surface area contributed by atoms with Gasteiger partial charge in [0, 0.05) is 11.8 Å². The molecule has 0 aliphatic rings. The van der Waals surface area contributed by atoms with Crippen molar-refractivity contribution in [3.8, 4) is 5.75 Å². The molecule has 0 saturated heterocycles. The molecule has 4 heteroatoms. The quantitative estimate of drug-likeness (QED) is 0.642. The molecule has 0 saturated carbocycles. The Balaban J connectivity index is 2.27. The van der Waals surface area contributed by atoms with Gasteiger partial charge in [-0.25, -0.2) is 0 Å². The maximum atomic E-state index is 5.66. The van der Waals surface area contributed by atoms with Gasteiger partial charge in [0.25, 0.3) is 0 Å². The zero-order valence-electron chi connectivity index (χ0n) is 9.50. The van der Waals surface area contributed by atoms with E-state index in [-0.39, 0.29) is 0 Å². The van der Waals surface area contributed by atoms with Crippen molar-refractivity contribution in [1.29, 1.82) is 0 Å². The Hall–Kier alpha value is -2.36. The average molecular weight is 227 g/mol. The number of hydrogen-bond acceptors (Lipinski definition) is 4. The number of anilines is 1. The number of methoxy groups -OCH3 is 1. The van der Waals surface area contributed by atoms with Gasteiger partial charge in [0.1, 0.15) is 11.4 Å². The summed E-state index contributed by atoms with van der Waals surface area (Å²) in [6.45, 7) is 0. The topological polar surface area (TPSA) is 60.0 Å². The van der Waals surface area contributed by atoms with Crippen molar-refractivity contribution < 1.29 is 4.74 Å². The second-order valence-electron chi connectivity index (χ2n) is 3.47. The Bertz CT molecular complexity index is 523. The number of benzene rings is 2. The smallest absolute Gasteiger partial charge is 0.148 e. The molecule has 0 heterocycles. The van der Waals surface area contributed by atoms with Crippen LogP contribution in [0.1, 0.15) is 0 Å². The van der Waals surface area contributed by atoms with Crippen molar-refractivity contribution in [2.75, 3.05) is 12.8 Å². The van der Waals surface area contributed by atoms with Gasteiger partial charge in [-0.2, -0.15) is 5.11 Å². The second kappa shape index (κ2) is 5.12. The van der Waals surface area contributed by atoms with E-state index < -0.39 is 0 Å². The van der Waals surface area contributed by atoms with Crippen LogP contribution in [0.5, 0.6) is 5.75 Å². The lowest BCUT2D eigenvalue weighted by Gasteiger charge is -2.03. The van der Waals surface area contributed by atoms with Crippen LogP contribution in [0, 0.1) is 0 Å². The normalized spacial score (nSPS) is 10.6. The Morgan fingerprint density at radius 1 is 1.00 bits per heavy atom. The molecule has 2 rings (SSSR count). The summed E-state index contributed by atoms with van der Waals surface area (Å²) in [6.07, 6.45) is 0. The molecule has 0 aromatic heterocycles. The maximum Gasteiger partial charge on any atom is 0.148 e. The van der Waals surface area contributed by atoms with Crippen LogP contribution in [0.15, 0.2) is 58.8 Å². The first-order valence-corrected chi connectivity index (χ1v) is 5.20. The number of nitrogen functional groups attached to an aromatic ring is 1. The first kappa shape index (κ1) is 11.1. The van der Waals surface area contributed by atoms with E-state index in [1.54, 1.807) is 25.3 Å². The molecule has 2 aromatic rings. The number of rotatable bonds is 3. The summed E-state index contributed by atoms with van der Waals surface area (Å²) in [6, 6.07) is 14.8. The summed E-state index contributed by atoms with van der Waals surface area (Å²) in [5, 5.41) is 8.25. The van der Waals surface area contributed by atoms with Crippen molar-refractivity contribution in [2.45, 2.75) is 0 Å². The molecule has 86 valence electrons. The molecule has 0 amide bonds. The van der Waals surface area contributed by atoms with Gasteiger partial charge in [0.2, 0.25) is 0 Å². The third-order valence-corrected chi connectivity index (χ3v) is 2.23. The molecule has 0 fully saturated rings. The molecule has 2 aromatic carbocycles. The minimum absolute atomic E-state index is 0.615. The minimum atomic E-state index is 0.615. The first-order chi connectivity index (χ1) is 8.29. The highest BCUT2D eigenvalue weighted by atomic mass is 16.5. The highest BCUT2D eigenvalue weighted by Gasteiger charge is 2.01. The Morgan fingerprint density at radius 3 is 2.47 bits per heavy atom. The van der Waals surface area contributed by atoms with E-state index in [0.29, 0.717) is 17.1 Å². The predicted octanol–water partition coefficient (Wildman–Crippen LogP) is 3.69. The maximum absolute atomic E-state index is 5.66. The van der Waals surface area contributed by atoms with Crippen molar-refractivity contribution in [2.24, 2.45) is 10.2 Å².